The van der Waals surface area contributed by atoms with Crippen LogP contribution in [0.2, 0.25) is 0 Å². The Morgan fingerprint density at radius 3 is 2.29 bits per heavy atom. The summed E-state index contributed by atoms with van der Waals surface area (Å²) in [5.74, 6) is -1.21. The molecule has 1 aliphatic heterocycles. The zero-order chi connectivity index (χ0) is 22.8. The van der Waals surface area contributed by atoms with Gasteiger partial charge in [0.15, 0.2) is 0 Å². The summed E-state index contributed by atoms with van der Waals surface area (Å²) < 4.78 is 45.1. The molecule has 9 heteroatoms. The van der Waals surface area contributed by atoms with E-state index < -0.39 is 34.2 Å². The Kier molecular flexibility index (Phi) is 6.45. The van der Waals surface area contributed by atoms with Crippen LogP contribution in [0.25, 0.3) is 4.91 Å². The molecule has 0 aliphatic carbocycles. The first-order valence-corrected chi connectivity index (χ1v) is 11.1. The van der Waals surface area contributed by atoms with E-state index in [0.29, 0.717) is 10.1 Å². The van der Waals surface area contributed by atoms with Gasteiger partial charge in [-0.15, -0.1) is 0 Å². The van der Waals surface area contributed by atoms with E-state index in [4.69, 9.17) is 4.74 Å². The molecule has 164 valence electrons. The van der Waals surface area contributed by atoms with Crippen LogP contribution in [0.3, 0.4) is 0 Å². The molecule has 31 heavy (non-hydrogen) atoms. The van der Waals surface area contributed by atoms with Gasteiger partial charge in [-0.05, 0) is 56.2 Å². The van der Waals surface area contributed by atoms with E-state index in [2.05, 4.69) is 5.32 Å². The standard InChI is InChI=1S/C22H23FN2O5S/c1-14(2)30-19-10-4-16(5-11-19)12-24-20(26)13-25-22(27)15(3)21(31(25,28)29)17-6-8-18(23)9-7-17/h4-11,14H,12-13H2,1-3H3,(H,24,26). The molecule has 0 fully saturated rings. The van der Waals surface area contributed by atoms with Gasteiger partial charge in [-0.3, -0.25) is 9.59 Å². The molecule has 7 nitrogen and oxygen atoms in total. The second-order valence-electron chi connectivity index (χ2n) is 7.37. The van der Waals surface area contributed by atoms with Crippen molar-refractivity contribution in [2.24, 2.45) is 0 Å². The Balaban J connectivity index is 1.66. The second-order valence-corrected chi connectivity index (χ2v) is 9.16. The normalized spacial score (nSPS) is 15.5. The maximum absolute atomic E-state index is 13.2. The quantitative estimate of drug-likeness (QED) is 0.706. The van der Waals surface area contributed by atoms with Crippen molar-refractivity contribution < 1.29 is 27.1 Å². The third-order valence-electron chi connectivity index (χ3n) is 4.61. The van der Waals surface area contributed by atoms with Crippen LogP contribution in [0.4, 0.5) is 4.39 Å². The number of rotatable bonds is 7. The maximum Gasteiger partial charge on any atom is 0.268 e. The Hall–Kier alpha value is -3.20. The van der Waals surface area contributed by atoms with Gasteiger partial charge in [0, 0.05) is 12.1 Å². The highest BCUT2D eigenvalue weighted by atomic mass is 32.2. The van der Waals surface area contributed by atoms with E-state index in [-0.39, 0.29) is 28.7 Å². The van der Waals surface area contributed by atoms with Gasteiger partial charge in [-0.25, -0.2) is 17.1 Å². The maximum atomic E-state index is 13.2. The first kappa shape index (κ1) is 22.5. The SMILES string of the molecule is CC1=C(c2ccc(F)cc2)S(=O)(=O)N(CC(=O)NCc2ccc(OC(C)C)cc2)C1=O. The third-order valence-corrected chi connectivity index (χ3v) is 6.55. The van der Waals surface area contributed by atoms with Crippen LogP contribution in [-0.2, 0) is 26.2 Å². The zero-order valence-corrected chi connectivity index (χ0v) is 18.2. The van der Waals surface area contributed by atoms with Gasteiger partial charge in [0.25, 0.3) is 15.9 Å². The number of ether oxygens (including phenoxy) is 1. The molecular weight excluding hydrogens is 423 g/mol. The summed E-state index contributed by atoms with van der Waals surface area (Å²) in [5, 5.41) is 2.62. The van der Waals surface area contributed by atoms with Crippen LogP contribution in [-0.4, -0.2) is 37.2 Å². The molecule has 0 spiro atoms. The Labute approximate surface area is 180 Å². The summed E-state index contributed by atoms with van der Waals surface area (Å²) in [7, 11) is -4.22. The Morgan fingerprint density at radius 2 is 1.71 bits per heavy atom. The van der Waals surface area contributed by atoms with Gasteiger partial charge in [-0.1, -0.05) is 24.3 Å². The van der Waals surface area contributed by atoms with Gasteiger partial charge in [0.1, 0.15) is 23.0 Å². The second kappa shape index (κ2) is 8.89. The van der Waals surface area contributed by atoms with Crippen LogP contribution in [0.1, 0.15) is 31.9 Å². The number of nitrogens with zero attached hydrogens (tertiary/aromatic N) is 1. The van der Waals surface area contributed by atoms with Crippen LogP contribution >= 0.6 is 0 Å². The van der Waals surface area contributed by atoms with E-state index in [1.54, 1.807) is 24.3 Å². The monoisotopic (exact) mass is 446 g/mol. The summed E-state index contributed by atoms with van der Waals surface area (Å²) >= 11 is 0. The lowest BCUT2D eigenvalue weighted by Crippen LogP contribution is -2.40. The van der Waals surface area contributed by atoms with Crippen LogP contribution in [0.5, 0.6) is 5.75 Å². The van der Waals surface area contributed by atoms with Gasteiger partial charge in [-0.2, -0.15) is 0 Å². The smallest absolute Gasteiger partial charge is 0.268 e. The molecule has 1 heterocycles. The predicted octanol–water partition coefficient (Wildman–Crippen LogP) is 2.83. The lowest BCUT2D eigenvalue weighted by molar-refractivity contribution is -0.128. The zero-order valence-electron chi connectivity index (χ0n) is 17.4. The lowest BCUT2D eigenvalue weighted by atomic mass is 10.1. The van der Waals surface area contributed by atoms with Crippen molar-refractivity contribution in [3.63, 3.8) is 0 Å². The molecule has 2 amide bonds. The first-order chi connectivity index (χ1) is 14.6. The van der Waals surface area contributed by atoms with Crippen LogP contribution in [0.15, 0.2) is 54.1 Å². The number of carbonyl (C=O) groups excluding carboxylic acids is 2. The minimum absolute atomic E-state index is 0.0138. The summed E-state index contributed by atoms with van der Waals surface area (Å²) in [6.07, 6.45) is 0.0439. The van der Waals surface area contributed by atoms with E-state index in [0.717, 1.165) is 17.7 Å². The number of hydrogen-bond donors (Lipinski definition) is 1. The number of benzene rings is 2. The van der Waals surface area contributed by atoms with Crippen molar-refractivity contribution in [2.75, 3.05) is 6.54 Å². The highest BCUT2D eigenvalue weighted by molar-refractivity contribution is 7.99. The number of carbonyl (C=O) groups is 2. The van der Waals surface area contributed by atoms with Crippen molar-refractivity contribution in [1.82, 2.24) is 9.62 Å². The summed E-state index contributed by atoms with van der Waals surface area (Å²) in [4.78, 5) is 24.7. The third kappa shape index (κ3) is 4.93. The van der Waals surface area contributed by atoms with E-state index in [1.807, 2.05) is 13.8 Å². The molecule has 2 aromatic carbocycles. The Morgan fingerprint density at radius 1 is 1.10 bits per heavy atom. The average Bonchev–Trinajstić information content (AvgIpc) is 2.87. The fraction of sp³-hybridized carbons (Fsp3) is 0.273. The van der Waals surface area contributed by atoms with Crippen molar-refractivity contribution in [3.8, 4) is 5.75 Å². The minimum atomic E-state index is -4.22. The first-order valence-electron chi connectivity index (χ1n) is 9.66. The average molecular weight is 447 g/mol. The molecule has 3 rings (SSSR count). The summed E-state index contributed by atoms with van der Waals surface area (Å²) in [6.45, 7) is 4.73. The fourth-order valence-corrected chi connectivity index (χ4v) is 4.94. The minimum Gasteiger partial charge on any atom is -0.491 e. The van der Waals surface area contributed by atoms with E-state index in [1.165, 1.54) is 19.1 Å². The number of hydrogen-bond acceptors (Lipinski definition) is 5. The molecule has 0 bridgehead atoms. The molecule has 0 saturated heterocycles. The molecular formula is C22H23FN2O5S. The van der Waals surface area contributed by atoms with E-state index >= 15 is 0 Å². The molecule has 1 aliphatic rings. The number of halogens is 1. The number of amides is 2. The van der Waals surface area contributed by atoms with Crippen LogP contribution in [0, 0.1) is 5.82 Å². The molecule has 0 aromatic heterocycles. The molecule has 0 atom stereocenters. The van der Waals surface area contributed by atoms with E-state index in [9.17, 15) is 22.4 Å². The molecule has 1 N–H and O–H groups in total. The number of sulfonamides is 1. The van der Waals surface area contributed by atoms with Crippen molar-refractivity contribution >= 4 is 26.7 Å². The van der Waals surface area contributed by atoms with Gasteiger partial charge in [0.05, 0.1) is 6.10 Å². The van der Waals surface area contributed by atoms with Crippen molar-refractivity contribution in [3.05, 3.63) is 71.0 Å². The van der Waals surface area contributed by atoms with Crippen molar-refractivity contribution in [2.45, 2.75) is 33.4 Å². The van der Waals surface area contributed by atoms with Crippen LogP contribution < -0.4 is 10.1 Å². The molecule has 2 aromatic rings. The molecule has 0 unspecified atom stereocenters. The lowest BCUT2D eigenvalue weighted by Gasteiger charge is -2.16. The highest BCUT2D eigenvalue weighted by Crippen LogP contribution is 2.35. The summed E-state index contributed by atoms with van der Waals surface area (Å²) in [5.41, 5.74) is 0.973. The fourth-order valence-electron chi connectivity index (χ4n) is 3.17. The molecule has 0 radical (unpaired) electrons. The van der Waals surface area contributed by atoms with Gasteiger partial charge < -0.3 is 10.1 Å². The topological polar surface area (TPSA) is 92.8 Å². The largest absolute Gasteiger partial charge is 0.491 e. The Bertz CT molecular complexity index is 1120. The summed E-state index contributed by atoms with van der Waals surface area (Å²) in [6, 6.07) is 11.9. The number of nitrogens with one attached hydrogen (secondary N) is 1. The predicted molar refractivity (Wildman–Crippen MR) is 114 cm³/mol. The van der Waals surface area contributed by atoms with Gasteiger partial charge >= 0.3 is 0 Å². The van der Waals surface area contributed by atoms with Crippen molar-refractivity contribution in [1.29, 1.82) is 0 Å². The molecule has 0 saturated carbocycles. The van der Waals surface area contributed by atoms with Gasteiger partial charge in [0.2, 0.25) is 5.91 Å². The highest BCUT2D eigenvalue weighted by Gasteiger charge is 2.43.